The maximum Gasteiger partial charge on any atom is 0.435 e. The van der Waals surface area contributed by atoms with Crippen LogP contribution in [0.2, 0.25) is 0 Å². The maximum absolute atomic E-state index is 13.8. The molecule has 2 aromatic rings. The van der Waals surface area contributed by atoms with Crippen molar-refractivity contribution >= 4 is 29.9 Å². The Labute approximate surface area is 178 Å². The molecule has 1 aromatic heterocycles. The fourth-order valence-corrected chi connectivity index (χ4v) is 2.54. The molecule has 0 bridgehead atoms. The minimum absolute atomic E-state index is 0. The maximum atomic E-state index is 13.8. The third-order valence-corrected chi connectivity index (χ3v) is 3.97. The van der Waals surface area contributed by atoms with Gasteiger partial charge in [0.2, 0.25) is 0 Å². The number of aliphatic imine (C=N–C) groups is 1. The molecule has 0 aliphatic carbocycles. The van der Waals surface area contributed by atoms with Gasteiger partial charge in [-0.25, -0.2) is 9.38 Å². The van der Waals surface area contributed by atoms with Crippen molar-refractivity contribution in [3.05, 3.63) is 52.6 Å². The van der Waals surface area contributed by atoms with E-state index in [2.05, 4.69) is 20.7 Å². The molecule has 0 saturated heterocycles. The van der Waals surface area contributed by atoms with Crippen molar-refractivity contribution in [3.63, 3.8) is 0 Å². The molecule has 1 aromatic carbocycles. The number of guanidine groups is 1. The largest absolute Gasteiger partial charge is 0.435 e. The average molecular weight is 513 g/mol. The monoisotopic (exact) mass is 513 g/mol. The molecule has 0 fully saturated rings. The van der Waals surface area contributed by atoms with Gasteiger partial charge in [-0.05, 0) is 38.0 Å². The van der Waals surface area contributed by atoms with E-state index in [0.29, 0.717) is 23.6 Å². The molecule has 5 nitrogen and oxygen atoms in total. The minimum atomic E-state index is -4.54. The number of alkyl halides is 3. The van der Waals surface area contributed by atoms with E-state index < -0.39 is 11.9 Å². The van der Waals surface area contributed by atoms with Crippen LogP contribution in [-0.4, -0.2) is 22.3 Å². The molecule has 0 aliphatic heterocycles. The Balaban J connectivity index is 0.00000392. The Bertz CT molecular complexity index is 817. The predicted molar refractivity (Wildman–Crippen MR) is 111 cm³/mol. The molecule has 156 valence electrons. The van der Waals surface area contributed by atoms with E-state index >= 15 is 0 Å². The highest BCUT2D eigenvalue weighted by Crippen LogP contribution is 2.30. The van der Waals surface area contributed by atoms with Crippen LogP contribution in [0.3, 0.4) is 0 Å². The Morgan fingerprint density at radius 3 is 2.57 bits per heavy atom. The highest BCUT2D eigenvalue weighted by atomic mass is 127. The molecule has 10 heteroatoms. The van der Waals surface area contributed by atoms with Crippen molar-refractivity contribution in [1.82, 2.24) is 20.4 Å². The first-order valence-corrected chi connectivity index (χ1v) is 8.52. The van der Waals surface area contributed by atoms with Gasteiger partial charge in [-0.2, -0.15) is 18.3 Å². The highest BCUT2D eigenvalue weighted by molar-refractivity contribution is 14.0. The zero-order valence-electron chi connectivity index (χ0n) is 16.1. The second kappa shape index (κ2) is 10.1. The summed E-state index contributed by atoms with van der Waals surface area (Å²) in [7, 11) is 1.43. The molecule has 1 atom stereocenters. The van der Waals surface area contributed by atoms with Crippen molar-refractivity contribution < 1.29 is 17.6 Å². The number of aromatic nitrogens is 2. The minimum Gasteiger partial charge on any atom is -0.357 e. The van der Waals surface area contributed by atoms with Crippen molar-refractivity contribution in [2.75, 3.05) is 6.54 Å². The summed E-state index contributed by atoms with van der Waals surface area (Å²) >= 11 is 0. The zero-order chi connectivity index (χ0) is 20.2. The quantitative estimate of drug-likeness (QED) is 0.271. The van der Waals surface area contributed by atoms with Crippen LogP contribution in [0.5, 0.6) is 0 Å². The first kappa shape index (κ1) is 24.2. The van der Waals surface area contributed by atoms with Crippen LogP contribution in [-0.2, 0) is 19.8 Å². The number of rotatable bonds is 5. The number of benzene rings is 1. The summed E-state index contributed by atoms with van der Waals surface area (Å²) in [5, 5.41) is 9.53. The van der Waals surface area contributed by atoms with Gasteiger partial charge in [0.15, 0.2) is 11.7 Å². The van der Waals surface area contributed by atoms with Crippen LogP contribution in [0.25, 0.3) is 0 Å². The predicted octanol–water partition coefficient (Wildman–Crippen LogP) is 4.32. The third-order valence-electron chi connectivity index (χ3n) is 3.97. The van der Waals surface area contributed by atoms with Gasteiger partial charge < -0.3 is 10.6 Å². The van der Waals surface area contributed by atoms with Gasteiger partial charge in [0.05, 0.1) is 12.6 Å². The van der Waals surface area contributed by atoms with E-state index in [1.165, 1.54) is 19.3 Å². The number of aryl methyl sites for hydroxylation is 2. The molecule has 2 N–H and O–H groups in total. The third kappa shape index (κ3) is 6.35. The van der Waals surface area contributed by atoms with Gasteiger partial charge in [0.1, 0.15) is 5.82 Å². The molecule has 0 spiro atoms. The van der Waals surface area contributed by atoms with Crippen LogP contribution in [0.4, 0.5) is 17.6 Å². The molecular weight excluding hydrogens is 489 g/mol. The SMILES string of the molecule is CCNC(=NCc1cn(C)nc1C(F)(F)F)NC(C)c1ccc(C)c(F)c1.I. The van der Waals surface area contributed by atoms with E-state index in [0.717, 1.165) is 4.68 Å². The fourth-order valence-electron chi connectivity index (χ4n) is 2.54. The topological polar surface area (TPSA) is 54.2 Å². The van der Waals surface area contributed by atoms with Crippen LogP contribution < -0.4 is 10.6 Å². The summed E-state index contributed by atoms with van der Waals surface area (Å²) in [5.41, 5.74) is 0.290. The van der Waals surface area contributed by atoms with Crippen molar-refractivity contribution in [3.8, 4) is 0 Å². The van der Waals surface area contributed by atoms with Crippen molar-refractivity contribution in [2.24, 2.45) is 12.0 Å². The van der Waals surface area contributed by atoms with E-state index in [1.54, 1.807) is 19.1 Å². The summed E-state index contributed by atoms with van der Waals surface area (Å²) in [6.07, 6.45) is -3.24. The summed E-state index contributed by atoms with van der Waals surface area (Å²) in [4.78, 5) is 4.22. The summed E-state index contributed by atoms with van der Waals surface area (Å²) in [5.74, 6) is 0.0243. The van der Waals surface area contributed by atoms with Gasteiger partial charge in [0, 0.05) is 25.4 Å². The first-order chi connectivity index (χ1) is 12.6. The lowest BCUT2D eigenvalue weighted by Crippen LogP contribution is -2.38. The van der Waals surface area contributed by atoms with E-state index in [9.17, 15) is 17.6 Å². The van der Waals surface area contributed by atoms with Crippen LogP contribution in [0.15, 0.2) is 29.4 Å². The van der Waals surface area contributed by atoms with Gasteiger partial charge in [-0.3, -0.25) is 4.68 Å². The zero-order valence-corrected chi connectivity index (χ0v) is 18.4. The van der Waals surface area contributed by atoms with Crippen molar-refractivity contribution in [2.45, 2.75) is 39.5 Å². The second-order valence-corrected chi connectivity index (χ2v) is 6.24. The molecule has 2 rings (SSSR count). The summed E-state index contributed by atoms with van der Waals surface area (Å²) in [6, 6.07) is 4.62. The second-order valence-electron chi connectivity index (χ2n) is 6.24. The lowest BCUT2D eigenvalue weighted by Gasteiger charge is -2.18. The van der Waals surface area contributed by atoms with Crippen LogP contribution >= 0.6 is 24.0 Å². The summed E-state index contributed by atoms with van der Waals surface area (Å²) < 4.78 is 54.0. The smallest absolute Gasteiger partial charge is 0.357 e. The normalized spacial score (nSPS) is 13.1. The summed E-state index contributed by atoms with van der Waals surface area (Å²) in [6.45, 7) is 5.68. The van der Waals surface area contributed by atoms with Gasteiger partial charge in [-0.15, -0.1) is 24.0 Å². The Morgan fingerprint density at radius 1 is 1.32 bits per heavy atom. The van der Waals surface area contributed by atoms with Gasteiger partial charge >= 0.3 is 6.18 Å². The number of nitrogens with zero attached hydrogens (tertiary/aromatic N) is 3. The Morgan fingerprint density at radius 2 is 2.00 bits per heavy atom. The number of halogens is 5. The molecule has 0 amide bonds. The number of hydrogen-bond donors (Lipinski definition) is 2. The van der Waals surface area contributed by atoms with Crippen molar-refractivity contribution in [1.29, 1.82) is 0 Å². The molecule has 0 saturated carbocycles. The average Bonchev–Trinajstić information content (AvgIpc) is 2.96. The molecule has 0 aliphatic rings. The standard InChI is InChI=1S/C18H23F4N5.HI/c1-5-23-17(25-12(3)13-7-6-11(2)15(19)8-13)24-9-14-10-27(4)26-16(14)18(20,21)22;/h6-8,10,12H,5,9H2,1-4H3,(H2,23,24,25);1H. The lowest BCUT2D eigenvalue weighted by atomic mass is 10.1. The van der Waals surface area contributed by atoms with Gasteiger partial charge in [0.25, 0.3) is 0 Å². The first-order valence-electron chi connectivity index (χ1n) is 8.52. The number of hydrogen-bond acceptors (Lipinski definition) is 2. The lowest BCUT2D eigenvalue weighted by molar-refractivity contribution is -0.142. The van der Waals surface area contributed by atoms with Crippen LogP contribution in [0.1, 0.15) is 42.3 Å². The van der Waals surface area contributed by atoms with E-state index in [-0.39, 0.29) is 47.9 Å². The van der Waals surface area contributed by atoms with Gasteiger partial charge in [-0.1, -0.05) is 12.1 Å². The van der Waals surface area contributed by atoms with E-state index in [1.807, 2.05) is 13.8 Å². The molecule has 1 heterocycles. The molecule has 28 heavy (non-hydrogen) atoms. The molecule has 0 radical (unpaired) electrons. The molecule has 1 unspecified atom stereocenters. The fraction of sp³-hybridized carbons (Fsp3) is 0.444. The Hall–Kier alpha value is -1.85. The van der Waals surface area contributed by atoms with Crippen LogP contribution in [0, 0.1) is 12.7 Å². The highest BCUT2D eigenvalue weighted by Gasteiger charge is 2.36. The molecular formula is C18H24F4IN5. The van der Waals surface area contributed by atoms with E-state index in [4.69, 9.17) is 0 Å². The Kier molecular flexibility index (Phi) is 8.71. The number of nitrogens with one attached hydrogen (secondary N) is 2.